The fraction of sp³-hybridized carbons (Fsp3) is 0.400. The van der Waals surface area contributed by atoms with Crippen LogP contribution in [-0.4, -0.2) is 45.3 Å². The molecule has 0 fully saturated rings. The molecule has 1 N–H and O–H groups in total. The second-order valence-corrected chi connectivity index (χ2v) is 9.13. The Hall–Kier alpha value is -3.58. The lowest BCUT2D eigenvalue weighted by atomic mass is 9.71. The molecule has 1 heterocycles. The second-order valence-electron chi connectivity index (χ2n) is 9.13. The number of carbonyl (C=O) groups is 2. The number of ether oxygens (including phenoxy) is 4. The molecule has 0 radical (unpaired) electrons. The highest BCUT2D eigenvalue weighted by atomic mass is 16.6. The summed E-state index contributed by atoms with van der Waals surface area (Å²) < 4.78 is 21.8. The smallest absolute Gasteiger partial charge is 0.336 e. The zero-order chi connectivity index (χ0) is 26.4. The van der Waals surface area contributed by atoms with E-state index in [9.17, 15) is 9.59 Å². The Bertz CT molecular complexity index is 1180. The van der Waals surface area contributed by atoms with Gasteiger partial charge in [0.15, 0.2) is 5.78 Å². The Morgan fingerprint density at radius 3 is 2.24 bits per heavy atom. The van der Waals surface area contributed by atoms with Crippen molar-refractivity contribution in [2.45, 2.75) is 45.4 Å². The van der Waals surface area contributed by atoms with Crippen LogP contribution in [0, 0.1) is 0 Å². The number of methoxy groups -OCH3 is 1. The van der Waals surface area contributed by atoms with Crippen LogP contribution in [-0.2, 0) is 19.1 Å². The van der Waals surface area contributed by atoms with Gasteiger partial charge in [-0.25, -0.2) is 4.79 Å². The van der Waals surface area contributed by atoms with Crippen molar-refractivity contribution in [2.75, 3.05) is 33.5 Å². The predicted octanol–water partition coefficient (Wildman–Crippen LogP) is 5.04. The van der Waals surface area contributed by atoms with E-state index in [1.165, 1.54) is 0 Å². The monoisotopic (exact) mass is 505 g/mol. The molecule has 2 aromatic carbocycles. The number of Topliss-reactive ketones (excluding diaryl/α,β-unsaturated/α-hetero) is 1. The summed E-state index contributed by atoms with van der Waals surface area (Å²) in [6, 6.07) is 15.5. The van der Waals surface area contributed by atoms with Crippen molar-refractivity contribution in [2.24, 2.45) is 0 Å². The average Bonchev–Trinajstić information content (AvgIpc) is 2.91. The van der Waals surface area contributed by atoms with Crippen LogP contribution in [0.1, 0.15) is 56.6 Å². The summed E-state index contributed by atoms with van der Waals surface area (Å²) in [6.07, 6.45) is 1.04. The van der Waals surface area contributed by atoms with Crippen LogP contribution >= 0.6 is 0 Å². The summed E-state index contributed by atoms with van der Waals surface area (Å²) in [5, 5.41) is 3.39. The van der Waals surface area contributed by atoms with Gasteiger partial charge in [-0.3, -0.25) is 4.79 Å². The van der Waals surface area contributed by atoms with Gasteiger partial charge in [0, 0.05) is 35.9 Å². The number of benzene rings is 2. The van der Waals surface area contributed by atoms with Crippen molar-refractivity contribution in [3.05, 3.63) is 82.2 Å². The highest BCUT2D eigenvalue weighted by molar-refractivity contribution is 6.04. The highest BCUT2D eigenvalue weighted by Gasteiger charge is 2.41. The van der Waals surface area contributed by atoms with E-state index in [0.717, 1.165) is 28.3 Å². The van der Waals surface area contributed by atoms with E-state index in [4.69, 9.17) is 18.9 Å². The molecule has 7 nitrogen and oxygen atoms in total. The molecule has 2 aromatic rings. The van der Waals surface area contributed by atoms with Crippen LogP contribution in [0.3, 0.4) is 0 Å². The van der Waals surface area contributed by atoms with Crippen LogP contribution in [0.4, 0.5) is 0 Å². The third-order valence-corrected chi connectivity index (χ3v) is 6.82. The summed E-state index contributed by atoms with van der Waals surface area (Å²) in [4.78, 5) is 27.0. The second kappa shape index (κ2) is 12.1. The number of hydrogen-bond acceptors (Lipinski definition) is 7. The third kappa shape index (κ3) is 5.88. The first kappa shape index (κ1) is 26.5. The van der Waals surface area contributed by atoms with Gasteiger partial charge in [0.25, 0.3) is 0 Å². The number of esters is 1. The van der Waals surface area contributed by atoms with Gasteiger partial charge in [0.1, 0.15) is 18.1 Å². The normalized spacial score (nSPS) is 19.3. The van der Waals surface area contributed by atoms with E-state index < -0.39 is 11.9 Å². The summed E-state index contributed by atoms with van der Waals surface area (Å²) in [5.74, 6) is 0.628. The van der Waals surface area contributed by atoms with Gasteiger partial charge >= 0.3 is 5.97 Å². The van der Waals surface area contributed by atoms with Gasteiger partial charge in [-0.15, -0.1) is 0 Å². The quantitative estimate of drug-likeness (QED) is 0.358. The SMILES string of the molecule is CCOCCOC(=O)C1=C(C)NC2=C(C(=O)C[C@H](c3ccc(OC)cc3)C2)[C@H]1c1ccc(OCC)cc1. The molecule has 1 aliphatic carbocycles. The molecule has 4 rings (SSSR count). The van der Waals surface area contributed by atoms with Crippen molar-refractivity contribution < 1.29 is 28.5 Å². The molecule has 1 aliphatic heterocycles. The molecular weight excluding hydrogens is 470 g/mol. The van der Waals surface area contributed by atoms with Gasteiger partial charge < -0.3 is 24.3 Å². The highest BCUT2D eigenvalue weighted by Crippen LogP contribution is 2.46. The number of dihydropyridines is 1. The molecule has 2 atom stereocenters. The van der Waals surface area contributed by atoms with Crippen LogP contribution in [0.5, 0.6) is 11.5 Å². The summed E-state index contributed by atoms with van der Waals surface area (Å²) in [5.41, 5.74) is 4.58. The molecule has 0 bridgehead atoms. The lowest BCUT2D eigenvalue weighted by Crippen LogP contribution is -2.36. The zero-order valence-electron chi connectivity index (χ0n) is 22.0. The largest absolute Gasteiger partial charge is 0.497 e. The molecule has 0 aromatic heterocycles. The van der Waals surface area contributed by atoms with Gasteiger partial charge in [-0.1, -0.05) is 24.3 Å². The van der Waals surface area contributed by atoms with Gasteiger partial charge in [-0.2, -0.15) is 0 Å². The minimum absolute atomic E-state index is 0.0283. The topological polar surface area (TPSA) is 83.1 Å². The minimum Gasteiger partial charge on any atom is -0.497 e. The maximum Gasteiger partial charge on any atom is 0.336 e. The Morgan fingerprint density at radius 1 is 0.919 bits per heavy atom. The van der Waals surface area contributed by atoms with E-state index in [1.807, 2.05) is 69.3 Å². The molecule has 37 heavy (non-hydrogen) atoms. The number of ketones is 1. The number of rotatable bonds is 10. The van der Waals surface area contributed by atoms with Crippen LogP contribution in [0.2, 0.25) is 0 Å². The Labute approximate surface area is 218 Å². The molecule has 7 heteroatoms. The Morgan fingerprint density at radius 2 is 1.59 bits per heavy atom. The number of hydrogen-bond donors (Lipinski definition) is 1. The van der Waals surface area contributed by atoms with Crippen LogP contribution in [0.15, 0.2) is 71.1 Å². The lowest BCUT2D eigenvalue weighted by molar-refractivity contribution is -0.140. The molecule has 2 aliphatic rings. The van der Waals surface area contributed by atoms with E-state index in [2.05, 4.69) is 5.32 Å². The molecule has 196 valence electrons. The van der Waals surface area contributed by atoms with Crippen molar-refractivity contribution in [3.8, 4) is 11.5 Å². The van der Waals surface area contributed by atoms with Crippen LogP contribution < -0.4 is 14.8 Å². The molecule has 0 saturated heterocycles. The first-order valence-electron chi connectivity index (χ1n) is 12.8. The number of nitrogens with one attached hydrogen (secondary N) is 1. The van der Waals surface area contributed by atoms with Crippen molar-refractivity contribution in [1.82, 2.24) is 5.32 Å². The first-order valence-corrected chi connectivity index (χ1v) is 12.8. The fourth-order valence-corrected chi connectivity index (χ4v) is 5.09. The van der Waals surface area contributed by atoms with Crippen molar-refractivity contribution in [3.63, 3.8) is 0 Å². The number of allylic oxidation sites excluding steroid dienone is 3. The zero-order valence-corrected chi connectivity index (χ0v) is 22.0. The molecule has 0 amide bonds. The number of carbonyl (C=O) groups excluding carboxylic acids is 2. The van der Waals surface area contributed by atoms with E-state index in [0.29, 0.717) is 49.5 Å². The van der Waals surface area contributed by atoms with E-state index in [1.54, 1.807) is 7.11 Å². The molecule has 0 spiro atoms. The maximum absolute atomic E-state index is 13.7. The minimum atomic E-state index is -0.518. The Kier molecular flexibility index (Phi) is 8.66. The van der Waals surface area contributed by atoms with Crippen molar-refractivity contribution >= 4 is 11.8 Å². The molecule has 0 unspecified atom stereocenters. The molecule has 0 saturated carbocycles. The van der Waals surface area contributed by atoms with Gasteiger partial charge in [0.05, 0.1) is 25.9 Å². The summed E-state index contributed by atoms with van der Waals surface area (Å²) in [6.45, 7) is 7.28. The van der Waals surface area contributed by atoms with E-state index >= 15 is 0 Å². The third-order valence-electron chi connectivity index (χ3n) is 6.82. The summed E-state index contributed by atoms with van der Waals surface area (Å²) in [7, 11) is 1.64. The van der Waals surface area contributed by atoms with Crippen LogP contribution in [0.25, 0.3) is 0 Å². The fourth-order valence-electron chi connectivity index (χ4n) is 5.09. The Balaban J connectivity index is 1.69. The molecular formula is C30H35NO6. The van der Waals surface area contributed by atoms with E-state index in [-0.39, 0.29) is 18.3 Å². The predicted molar refractivity (Wildman–Crippen MR) is 141 cm³/mol. The lowest BCUT2D eigenvalue weighted by Gasteiger charge is -2.36. The standard InChI is InChI=1S/C30H35NO6/c1-5-35-15-16-37-30(33)27-19(3)31-25-17-22(20-7-11-23(34-4)12-8-20)18-26(32)29(25)28(27)21-9-13-24(14-10-21)36-6-2/h7-14,22,28,31H,5-6,15-18H2,1-4H3/t22-,28+/m1/s1. The van der Waals surface area contributed by atoms with Crippen molar-refractivity contribution in [1.29, 1.82) is 0 Å². The summed E-state index contributed by atoms with van der Waals surface area (Å²) >= 11 is 0. The average molecular weight is 506 g/mol. The van der Waals surface area contributed by atoms with Gasteiger partial charge in [0.2, 0.25) is 0 Å². The first-order chi connectivity index (χ1) is 18.0. The van der Waals surface area contributed by atoms with Gasteiger partial charge in [-0.05, 0) is 68.5 Å². The maximum atomic E-state index is 13.7.